The second-order valence-corrected chi connectivity index (χ2v) is 6.25. The predicted molar refractivity (Wildman–Crippen MR) is 104 cm³/mol. The number of hydrogen-bond acceptors (Lipinski definition) is 10. The largest absolute Gasteiger partial charge is 2.00 e. The molecular formula is C20H34O10Zr. The molecular weight excluding hydrogens is 491 g/mol. The van der Waals surface area contributed by atoms with Crippen molar-refractivity contribution in [2.45, 2.75) is 92.3 Å². The van der Waals surface area contributed by atoms with Crippen molar-refractivity contribution in [3.8, 4) is 0 Å². The monoisotopic (exact) mass is 524 g/mol. The van der Waals surface area contributed by atoms with Crippen LogP contribution in [0.3, 0.4) is 0 Å². The third-order valence-corrected chi connectivity index (χ3v) is 2.92. The fourth-order valence-corrected chi connectivity index (χ4v) is 1.06. The molecule has 0 aromatic rings. The minimum Gasteiger partial charge on any atom is -0.550 e. The van der Waals surface area contributed by atoms with Gasteiger partial charge in [-0.2, -0.15) is 0 Å². The van der Waals surface area contributed by atoms with Crippen molar-refractivity contribution in [3.05, 3.63) is 0 Å². The van der Waals surface area contributed by atoms with Crippen LogP contribution in [-0.4, -0.2) is 57.5 Å². The molecule has 10 nitrogen and oxygen atoms in total. The molecule has 0 saturated heterocycles. The van der Waals surface area contributed by atoms with E-state index in [-0.39, 0.29) is 49.3 Å². The van der Waals surface area contributed by atoms with Gasteiger partial charge in [-0.25, -0.2) is 0 Å². The topological polar surface area (TPSA) is 189 Å². The smallest absolute Gasteiger partial charge is 0.550 e. The number of carboxylic acids is 2. The van der Waals surface area contributed by atoms with Crippen LogP contribution in [-0.2, 0) is 55.0 Å². The third kappa shape index (κ3) is 47.6. The van der Waals surface area contributed by atoms with Crippen LogP contribution in [0, 0.1) is 0 Å². The number of Topliss-reactive ketones (excluding diaryl/α,β-unsaturated/α-hetero) is 4. The molecule has 31 heavy (non-hydrogen) atoms. The van der Waals surface area contributed by atoms with Gasteiger partial charge in [-0.05, 0) is 40.5 Å². The molecule has 0 fully saturated rings. The van der Waals surface area contributed by atoms with Gasteiger partial charge in [0.2, 0.25) is 0 Å². The summed E-state index contributed by atoms with van der Waals surface area (Å²) in [7, 11) is 0. The first-order valence-electron chi connectivity index (χ1n) is 9.42. The van der Waals surface area contributed by atoms with E-state index in [9.17, 15) is 39.0 Å². The zero-order chi connectivity index (χ0) is 24.9. The van der Waals surface area contributed by atoms with Crippen LogP contribution in [0.5, 0.6) is 0 Å². The standard InChI is InChI=1S/2C6H10O3.2C4H8O2.Zr/c2*1-2-3-5(7)4-6(8)9;2*1-3(5)4(2)6;/h2*2-4H2,1H3,(H,8,9);2*3,5H,1-2H3;/q;;;;+2/p-2. The molecule has 0 amide bonds. The Morgan fingerprint density at radius 1 is 0.677 bits per heavy atom. The molecule has 0 aliphatic carbocycles. The molecule has 0 saturated carbocycles. The molecule has 2 atom stereocenters. The molecule has 0 aliphatic rings. The van der Waals surface area contributed by atoms with Crippen LogP contribution in [0.15, 0.2) is 0 Å². The van der Waals surface area contributed by atoms with Crippen molar-refractivity contribution in [3.63, 3.8) is 0 Å². The summed E-state index contributed by atoms with van der Waals surface area (Å²) >= 11 is 0. The minimum atomic E-state index is -1.28. The van der Waals surface area contributed by atoms with E-state index in [1.165, 1.54) is 27.7 Å². The van der Waals surface area contributed by atoms with Gasteiger partial charge in [-0.1, -0.05) is 13.8 Å². The Hall–Kier alpha value is -1.58. The minimum absolute atomic E-state index is 0. The summed E-state index contributed by atoms with van der Waals surface area (Å²) in [5, 5.41) is 36.1. The van der Waals surface area contributed by atoms with Crippen molar-refractivity contribution < 1.29 is 75.4 Å². The fraction of sp³-hybridized carbons (Fsp3) is 0.700. The van der Waals surface area contributed by atoms with E-state index in [0.29, 0.717) is 25.7 Å². The summed E-state index contributed by atoms with van der Waals surface area (Å²) in [6, 6.07) is 0. The molecule has 0 aliphatic heterocycles. The van der Waals surface area contributed by atoms with E-state index < -0.39 is 37.0 Å². The van der Waals surface area contributed by atoms with Crippen molar-refractivity contribution >= 4 is 35.1 Å². The van der Waals surface area contributed by atoms with Crippen LogP contribution in [0.1, 0.15) is 80.1 Å². The molecule has 178 valence electrons. The quantitative estimate of drug-likeness (QED) is 0.331. The maximum absolute atomic E-state index is 10.4. The Morgan fingerprint density at radius 2 is 0.871 bits per heavy atom. The fourth-order valence-electron chi connectivity index (χ4n) is 1.06. The first-order chi connectivity index (χ1) is 13.6. The first-order valence-corrected chi connectivity index (χ1v) is 9.42. The average molecular weight is 526 g/mol. The number of aliphatic hydroxyl groups is 2. The molecule has 11 heteroatoms. The van der Waals surface area contributed by atoms with Gasteiger partial charge in [0.25, 0.3) is 0 Å². The van der Waals surface area contributed by atoms with Crippen molar-refractivity contribution in [2.75, 3.05) is 0 Å². The average Bonchev–Trinajstić information content (AvgIpc) is 2.55. The Balaban J connectivity index is -0.0000000977. The predicted octanol–water partition coefficient (Wildman–Crippen LogP) is -1.10. The van der Waals surface area contributed by atoms with Crippen molar-refractivity contribution in [2.24, 2.45) is 0 Å². The van der Waals surface area contributed by atoms with Crippen LogP contribution >= 0.6 is 0 Å². The number of carbonyl (C=O) groups is 6. The molecule has 2 N–H and O–H groups in total. The van der Waals surface area contributed by atoms with Gasteiger partial charge in [-0.3, -0.25) is 19.2 Å². The third-order valence-electron chi connectivity index (χ3n) is 2.92. The molecule has 0 aromatic carbocycles. The maximum atomic E-state index is 10.4. The Labute approximate surface area is 202 Å². The van der Waals surface area contributed by atoms with E-state index in [1.807, 2.05) is 13.8 Å². The first kappa shape index (κ1) is 39.9. The van der Waals surface area contributed by atoms with Crippen LogP contribution in [0.25, 0.3) is 0 Å². The van der Waals surface area contributed by atoms with E-state index in [4.69, 9.17) is 10.2 Å². The molecule has 0 radical (unpaired) electrons. The van der Waals surface area contributed by atoms with Gasteiger partial charge in [0, 0.05) is 37.6 Å². The number of aliphatic hydroxyl groups excluding tert-OH is 2. The van der Waals surface area contributed by atoms with E-state index in [1.54, 1.807) is 0 Å². The summed E-state index contributed by atoms with van der Waals surface area (Å²) in [5.41, 5.74) is 0. The number of aliphatic carboxylic acids is 2. The van der Waals surface area contributed by atoms with Gasteiger partial charge in [0.1, 0.15) is 23.8 Å². The van der Waals surface area contributed by atoms with E-state index in [2.05, 4.69) is 0 Å². The van der Waals surface area contributed by atoms with Gasteiger partial charge in [0.15, 0.2) is 11.6 Å². The van der Waals surface area contributed by atoms with Crippen LogP contribution in [0.4, 0.5) is 0 Å². The number of carbonyl (C=O) groups excluding carboxylic acids is 6. The zero-order valence-corrected chi connectivity index (χ0v) is 21.5. The second kappa shape index (κ2) is 26.5. The van der Waals surface area contributed by atoms with Gasteiger partial charge in [0.05, 0.1) is 0 Å². The summed E-state index contributed by atoms with van der Waals surface area (Å²) in [6.45, 7) is 9.25. The molecule has 0 rings (SSSR count). The number of rotatable bonds is 10. The summed E-state index contributed by atoms with van der Waals surface area (Å²) < 4.78 is 0. The van der Waals surface area contributed by atoms with Gasteiger partial charge < -0.3 is 30.0 Å². The summed E-state index contributed by atoms with van der Waals surface area (Å²) in [4.78, 5) is 60.2. The van der Waals surface area contributed by atoms with E-state index >= 15 is 0 Å². The second-order valence-electron chi connectivity index (χ2n) is 6.25. The maximum Gasteiger partial charge on any atom is 2.00 e. The van der Waals surface area contributed by atoms with Gasteiger partial charge >= 0.3 is 26.2 Å². The number of hydrogen-bond donors (Lipinski definition) is 2. The van der Waals surface area contributed by atoms with Crippen molar-refractivity contribution in [1.82, 2.24) is 0 Å². The molecule has 0 bridgehead atoms. The number of carboxylic acid groups (broad SMARTS) is 2. The molecule has 0 aromatic heterocycles. The SMILES string of the molecule is CC(=O)C(C)O.CC(=O)C(C)O.CCCC(=O)CC(=O)[O-].CCCC(=O)CC(=O)[O-].[Zr+2]. The summed E-state index contributed by atoms with van der Waals surface area (Å²) in [5.74, 6) is -3.44. The number of ketones is 4. The Bertz CT molecular complexity index is 494. The van der Waals surface area contributed by atoms with Crippen molar-refractivity contribution in [1.29, 1.82) is 0 Å². The molecule has 2 unspecified atom stereocenters. The van der Waals surface area contributed by atoms with Gasteiger partial charge in [-0.15, -0.1) is 0 Å². The normalized spacial score (nSPS) is 10.6. The molecule has 0 heterocycles. The summed E-state index contributed by atoms with van der Waals surface area (Å²) in [6.07, 6.45) is -0.364. The van der Waals surface area contributed by atoms with Crippen LogP contribution in [0.2, 0.25) is 0 Å². The molecule has 0 spiro atoms. The van der Waals surface area contributed by atoms with E-state index in [0.717, 1.165) is 0 Å². The Morgan fingerprint density at radius 3 is 0.968 bits per heavy atom. The zero-order valence-electron chi connectivity index (χ0n) is 19.1. The van der Waals surface area contributed by atoms with Crippen LogP contribution < -0.4 is 10.2 Å². The Kier molecular flexibility index (Phi) is 34.0.